The Bertz CT molecular complexity index is 422. The summed E-state index contributed by atoms with van der Waals surface area (Å²) < 4.78 is 1.57. The van der Waals surface area contributed by atoms with Gasteiger partial charge in [0.25, 0.3) is 5.56 Å². The first-order valence-corrected chi connectivity index (χ1v) is 6.10. The maximum absolute atomic E-state index is 11.7. The summed E-state index contributed by atoms with van der Waals surface area (Å²) in [4.78, 5) is 11.7. The molecule has 3 N–H and O–H groups in total. The lowest BCUT2D eigenvalue weighted by molar-refractivity contribution is 0.244. The Hall–Kier alpha value is -0.920. The van der Waals surface area contributed by atoms with Crippen LogP contribution in [0.15, 0.2) is 15.5 Å². The van der Waals surface area contributed by atoms with Gasteiger partial charge in [-0.3, -0.25) is 4.79 Å². The van der Waals surface area contributed by atoms with E-state index in [-0.39, 0.29) is 31.2 Å². The summed E-state index contributed by atoms with van der Waals surface area (Å²) in [6.45, 7) is 2.57. The number of rotatable bonds is 6. The van der Waals surface area contributed by atoms with Crippen molar-refractivity contribution in [3.05, 3.63) is 21.0 Å². The first-order valence-electron chi connectivity index (χ1n) is 5.31. The molecule has 1 rings (SSSR count). The number of hydrogen-bond acceptors (Lipinski definition) is 5. The molecular formula is C10H16BrN3O3. The Balaban J connectivity index is 2.82. The maximum atomic E-state index is 11.7. The molecule has 1 aromatic heterocycles. The van der Waals surface area contributed by atoms with Crippen molar-refractivity contribution in [3.8, 4) is 0 Å². The van der Waals surface area contributed by atoms with Crippen LogP contribution in [0, 0.1) is 5.92 Å². The average molecular weight is 306 g/mol. The predicted molar refractivity (Wildman–Crippen MR) is 68.0 cm³/mol. The van der Waals surface area contributed by atoms with Crippen LogP contribution in [-0.4, -0.2) is 39.8 Å². The minimum Gasteiger partial charge on any atom is -0.396 e. The van der Waals surface area contributed by atoms with Crippen molar-refractivity contribution in [2.45, 2.75) is 13.5 Å². The van der Waals surface area contributed by atoms with Crippen LogP contribution in [0.25, 0.3) is 0 Å². The topological polar surface area (TPSA) is 87.4 Å². The molecule has 0 bridgehead atoms. The molecule has 1 unspecified atom stereocenters. The Morgan fingerprint density at radius 3 is 2.88 bits per heavy atom. The van der Waals surface area contributed by atoms with Gasteiger partial charge in [0.2, 0.25) is 0 Å². The second-order valence-corrected chi connectivity index (χ2v) is 4.59. The molecule has 0 fully saturated rings. The summed E-state index contributed by atoms with van der Waals surface area (Å²) in [6.07, 6.45) is 1.52. The van der Waals surface area contributed by atoms with Gasteiger partial charge >= 0.3 is 0 Å². The lowest BCUT2D eigenvalue weighted by Gasteiger charge is -2.12. The SMILES string of the molecule is CC(CO)CNc1cnn(CCO)c(=O)c1Br. The van der Waals surface area contributed by atoms with E-state index in [9.17, 15) is 4.79 Å². The van der Waals surface area contributed by atoms with Crippen LogP contribution in [0.1, 0.15) is 6.92 Å². The summed E-state index contributed by atoms with van der Waals surface area (Å²) in [5.41, 5.74) is 0.296. The van der Waals surface area contributed by atoms with Crippen LogP contribution in [0.2, 0.25) is 0 Å². The van der Waals surface area contributed by atoms with E-state index in [1.807, 2.05) is 6.92 Å². The number of nitrogens with zero attached hydrogens (tertiary/aromatic N) is 2. The Morgan fingerprint density at radius 1 is 1.59 bits per heavy atom. The highest BCUT2D eigenvalue weighted by Crippen LogP contribution is 2.16. The third kappa shape index (κ3) is 3.79. The summed E-state index contributed by atoms with van der Waals surface area (Å²) in [5, 5.41) is 24.6. The standard InChI is InChI=1S/C10H16BrN3O3/c1-7(6-16)4-12-8-5-13-14(2-3-15)10(17)9(8)11/h5,7,12,15-16H,2-4,6H2,1H3. The number of aliphatic hydroxyl groups excluding tert-OH is 2. The zero-order chi connectivity index (χ0) is 12.8. The van der Waals surface area contributed by atoms with Gasteiger partial charge in [0, 0.05) is 13.2 Å². The van der Waals surface area contributed by atoms with Crippen LogP contribution >= 0.6 is 15.9 Å². The highest BCUT2D eigenvalue weighted by atomic mass is 79.9. The van der Waals surface area contributed by atoms with Gasteiger partial charge < -0.3 is 15.5 Å². The molecule has 1 heterocycles. The molecule has 0 saturated heterocycles. The van der Waals surface area contributed by atoms with Gasteiger partial charge in [-0.2, -0.15) is 5.10 Å². The fourth-order valence-corrected chi connectivity index (χ4v) is 1.64. The molecule has 0 aliphatic carbocycles. The molecule has 1 aromatic rings. The van der Waals surface area contributed by atoms with Gasteiger partial charge in [0.1, 0.15) is 4.47 Å². The van der Waals surface area contributed by atoms with Gasteiger partial charge in [0.15, 0.2) is 0 Å². The van der Waals surface area contributed by atoms with E-state index >= 15 is 0 Å². The van der Waals surface area contributed by atoms with Crippen molar-refractivity contribution < 1.29 is 10.2 Å². The van der Waals surface area contributed by atoms with E-state index in [1.54, 1.807) is 0 Å². The molecule has 0 radical (unpaired) electrons. The number of aromatic nitrogens is 2. The molecule has 17 heavy (non-hydrogen) atoms. The minimum atomic E-state index is -0.291. The number of nitrogens with one attached hydrogen (secondary N) is 1. The normalized spacial score (nSPS) is 12.5. The summed E-state index contributed by atoms with van der Waals surface area (Å²) in [7, 11) is 0. The van der Waals surface area contributed by atoms with Gasteiger partial charge in [0.05, 0.1) is 25.0 Å². The van der Waals surface area contributed by atoms with Crippen molar-refractivity contribution in [1.29, 1.82) is 0 Å². The Kier molecular flexibility index (Phi) is 5.60. The molecular weight excluding hydrogens is 290 g/mol. The second-order valence-electron chi connectivity index (χ2n) is 3.79. The van der Waals surface area contributed by atoms with Gasteiger partial charge in [-0.25, -0.2) is 4.68 Å². The number of aliphatic hydroxyl groups is 2. The van der Waals surface area contributed by atoms with Crippen LogP contribution in [0.4, 0.5) is 5.69 Å². The quantitative estimate of drug-likeness (QED) is 0.691. The fraction of sp³-hybridized carbons (Fsp3) is 0.600. The van der Waals surface area contributed by atoms with E-state index in [2.05, 4.69) is 26.3 Å². The molecule has 1 atom stereocenters. The van der Waals surface area contributed by atoms with Crippen molar-refractivity contribution in [3.63, 3.8) is 0 Å². The van der Waals surface area contributed by atoms with Crippen molar-refractivity contribution >= 4 is 21.6 Å². The molecule has 0 aliphatic heterocycles. The van der Waals surface area contributed by atoms with E-state index in [1.165, 1.54) is 10.9 Å². The largest absolute Gasteiger partial charge is 0.396 e. The van der Waals surface area contributed by atoms with E-state index in [4.69, 9.17) is 10.2 Å². The average Bonchev–Trinajstić information content (AvgIpc) is 2.34. The Morgan fingerprint density at radius 2 is 2.29 bits per heavy atom. The zero-order valence-corrected chi connectivity index (χ0v) is 11.1. The first kappa shape index (κ1) is 14.1. The summed E-state index contributed by atoms with van der Waals surface area (Å²) in [5.74, 6) is 0.0989. The number of anilines is 1. The van der Waals surface area contributed by atoms with Crippen LogP contribution in [-0.2, 0) is 6.54 Å². The second kappa shape index (κ2) is 6.73. The van der Waals surface area contributed by atoms with Gasteiger partial charge in [-0.1, -0.05) is 6.92 Å². The molecule has 0 aromatic carbocycles. The molecule has 0 saturated carbocycles. The molecule has 0 spiro atoms. The van der Waals surface area contributed by atoms with Gasteiger partial charge in [-0.15, -0.1) is 0 Å². The molecule has 96 valence electrons. The monoisotopic (exact) mass is 305 g/mol. The first-order chi connectivity index (χ1) is 8.10. The maximum Gasteiger partial charge on any atom is 0.283 e. The minimum absolute atomic E-state index is 0.0830. The Labute approximate surface area is 107 Å². The third-order valence-corrected chi connectivity index (χ3v) is 3.02. The zero-order valence-electron chi connectivity index (χ0n) is 9.56. The van der Waals surface area contributed by atoms with Crippen molar-refractivity contribution in [1.82, 2.24) is 9.78 Å². The number of hydrogen-bond donors (Lipinski definition) is 3. The van der Waals surface area contributed by atoms with Crippen LogP contribution < -0.4 is 10.9 Å². The number of halogens is 1. The van der Waals surface area contributed by atoms with E-state index in [0.717, 1.165) is 0 Å². The van der Waals surface area contributed by atoms with Crippen molar-refractivity contribution in [2.75, 3.05) is 25.1 Å². The van der Waals surface area contributed by atoms with Crippen LogP contribution in [0.3, 0.4) is 0 Å². The highest BCUT2D eigenvalue weighted by molar-refractivity contribution is 9.10. The lowest BCUT2D eigenvalue weighted by Crippen LogP contribution is -2.26. The fourth-order valence-electron chi connectivity index (χ4n) is 1.19. The lowest BCUT2D eigenvalue weighted by atomic mass is 10.2. The van der Waals surface area contributed by atoms with Crippen molar-refractivity contribution in [2.24, 2.45) is 5.92 Å². The summed E-state index contributed by atoms with van der Waals surface area (Å²) in [6, 6.07) is 0. The molecule has 6 nitrogen and oxygen atoms in total. The smallest absolute Gasteiger partial charge is 0.283 e. The van der Waals surface area contributed by atoms with Gasteiger partial charge in [-0.05, 0) is 21.8 Å². The third-order valence-electron chi connectivity index (χ3n) is 2.25. The molecule has 7 heteroatoms. The molecule has 0 aliphatic rings. The predicted octanol–water partition coefficient (Wildman–Crippen LogP) is 0.0384. The summed E-state index contributed by atoms with van der Waals surface area (Å²) >= 11 is 3.19. The van der Waals surface area contributed by atoms with E-state index < -0.39 is 0 Å². The molecule has 0 amide bonds. The van der Waals surface area contributed by atoms with E-state index in [0.29, 0.717) is 16.7 Å². The highest BCUT2D eigenvalue weighted by Gasteiger charge is 2.09. The van der Waals surface area contributed by atoms with Crippen LogP contribution in [0.5, 0.6) is 0 Å².